The first-order valence-electron chi connectivity index (χ1n) is 7.57. The first-order chi connectivity index (χ1) is 10.2. The van der Waals surface area contributed by atoms with Gasteiger partial charge in [0.05, 0.1) is 5.39 Å². The van der Waals surface area contributed by atoms with Gasteiger partial charge in [0.15, 0.2) is 0 Å². The average Bonchev–Trinajstić information content (AvgIpc) is 2.91. The van der Waals surface area contributed by atoms with Gasteiger partial charge >= 0.3 is 0 Å². The van der Waals surface area contributed by atoms with Crippen LogP contribution < -0.4 is 11.1 Å². The molecular formula is C15H22N4OS. The molecule has 1 atom stereocenters. The maximum Gasteiger partial charge on any atom is 0.223 e. The highest BCUT2D eigenvalue weighted by Gasteiger charge is 2.22. The van der Waals surface area contributed by atoms with Crippen LogP contribution in [0.4, 0.5) is 11.8 Å². The number of hydrogen-bond acceptors (Lipinski definition) is 6. The number of nitrogens with two attached hydrogens (primary N) is 1. The van der Waals surface area contributed by atoms with Crippen LogP contribution in [0.5, 0.6) is 0 Å². The summed E-state index contributed by atoms with van der Waals surface area (Å²) in [5, 5.41) is 4.64. The first kappa shape index (κ1) is 14.5. The van der Waals surface area contributed by atoms with E-state index in [9.17, 15) is 0 Å². The zero-order valence-corrected chi connectivity index (χ0v) is 13.4. The molecule has 3 rings (SSSR count). The van der Waals surface area contributed by atoms with Crippen LogP contribution in [0.2, 0.25) is 0 Å². The Balaban J connectivity index is 1.86. The molecule has 3 N–H and O–H groups in total. The van der Waals surface area contributed by atoms with Gasteiger partial charge in [0.2, 0.25) is 5.95 Å². The van der Waals surface area contributed by atoms with E-state index in [1.165, 1.54) is 4.88 Å². The molecule has 0 saturated carbocycles. The number of nitrogen functional groups attached to an aromatic ring is 1. The number of thiophene rings is 1. The van der Waals surface area contributed by atoms with Gasteiger partial charge < -0.3 is 15.8 Å². The number of ether oxygens (including phenoxy) is 1. The van der Waals surface area contributed by atoms with E-state index >= 15 is 0 Å². The molecule has 0 amide bonds. The Hall–Kier alpha value is -1.40. The van der Waals surface area contributed by atoms with E-state index in [1.54, 1.807) is 11.3 Å². The van der Waals surface area contributed by atoms with Crippen molar-refractivity contribution in [1.82, 2.24) is 9.97 Å². The molecule has 1 saturated heterocycles. The Morgan fingerprint density at radius 2 is 2.19 bits per heavy atom. The quantitative estimate of drug-likeness (QED) is 0.908. The Bertz CT molecular complexity index is 621. The smallest absolute Gasteiger partial charge is 0.223 e. The molecule has 3 heterocycles. The standard InChI is InChI=1S/C15H22N4OS/c1-3-11-8-12-13(18-15(16)19-14(12)21-11)17-9(2)10-4-6-20-7-5-10/h8-10H,3-7H2,1-2H3,(H3,16,17,18,19). The van der Waals surface area contributed by atoms with Gasteiger partial charge in [-0.25, -0.2) is 4.98 Å². The summed E-state index contributed by atoms with van der Waals surface area (Å²) in [4.78, 5) is 11.0. The molecule has 6 heteroatoms. The van der Waals surface area contributed by atoms with Crippen molar-refractivity contribution < 1.29 is 4.74 Å². The second-order valence-electron chi connectivity index (χ2n) is 5.60. The lowest BCUT2D eigenvalue weighted by molar-refractivity contribution is 0.0622. The topological polar surface area (TPSA) is 73.1 Å². The van der Waals surface area contributed by atoms with Gasteiger partial charge in [-0.05, 0) is 38.2 Å². The summed E-state index contributed by atoms with van der Waals surface area (Å²) in [7, 11) is 0. The highest BCUT2D eigenvalue weighted by Crippen LogP contribution is 2.31. The van der Waals surface area contributed by atoms with Gasteiger partial charge in [-0.15, -0.1) is 11.3 Å². The van der Waals surface area contributed by atoms with Crippen LogP contribution in [0.15, 0.2) is 6.07 Å². The van der Waals surface area contributed by atoms with E-state index in [2.05, 4.69) is 35.2 Å². The largest absolute Gasteiger partial charge is 0.381 e. The minimum Gasteiger partial charge on any atom is -0.381 e. The van der Waals surface area contributed by atoms with Crippen LogP contribution in [0.25, 0.3) is 10.2 Å². The molecule has 2 aromatic heterocycles. The van der Waals surface area contributed by atoms with Gasteiger partial charge in [-0.2, -0.15) is 4.98 Å². The van der Waals surface area contributed by atoms with E-state index in [-0.39, 0.29) is 0 Å². The number of aromatic nitrogens is 2. The van der Waals surface area contributed by atoms with E-state index in [0.717, 1.165) is 48.5 Å². The number of nitrogens with zero attached hydrogens (tertiary/aromatic N) is 2. The van der Waals surface area contributed by atoms with Crippen LogP contribution in [0, 0.1) is 5.92 Å². The number of hydrogen-bond donors (Lipinski definition) is 2. The highest BCUT2D eigenvalue weighted by molar-refractivity contribution is 7.18. The lowest BCUT2D eigenvalue weighted by Crippen LogP contribution is -2.31. The molecule has 0 spiro atoms. The van der Waals surface area contributed by atoms with E-state index in [0.29, 0.717) is 17.9 Å². The van der Waals surface area contributed by atoms with E-state index < -0.39 is 0 Å². The minimum atomic E-state index is 0.341. The number of aryl methyl sites for hydroxylation is 1. The maximum atomic E-state index is 5.85. The van der Waals surface area contributed by atoms with Crippen LogP contribution >= 0.6 is 11.3 Å². The van der Waals surface area contributed by atoms with Crippen LogP contribution in [0.3, 0.4) is 0 Å². The molecule has 5 nitrogen and oxygen atoms in total. The summed E-state index contributed by atoms with van der Waals surface area (Å²) in [6.07, 6.45) is 3.21. The predicted molar refractivity (Wildman–Crippen MR) is 87.8 cm³/mol. The fraction of sp³-hybridized carbons (Fsp3) is 0.600. The molecule has 114 valence electrons. The summed E-state index contributed by atoms with van der Waals surface area (Å²) >= 11 is 1.70. The van der Waals surface area contributed by atoms with Crippen LogP contribution in [-0.2, 0) is 11.2 Å². The molecule has 0 bridgehead atoms. The van der Waals surface area contributed by atoms with Crippen molar-refractivity contribution >= 4 is 33.3 Å². The highest BCUT2D eigenvalue weighted by atomic mass is 32.1. The number of nitrogens with one attached hydrogen (secondary N) is 1. The van der Waals surface area contributed by atoms with Gasteiger partial charge in [-0.3, -0.25) is 0 Å². The molecular weight excluding hydrogens is 284 g/mol. The third-order valence-corrected chi connectivity index (χ3v) is 5.32. The van der Waals surface area contributed by atoms with Gasteiger partial charge in [0.25, 0.3) is 0 Å². The van der Waals surface area contributed by atoms with Crippen LogP contribution in [0.1, 0.15) is 31.6 Å². The Morgan fingerprint density at radius 3 is 2.90 bits per heavy atom. The molecule has 21 heavy (non-hydrogen) atoms. The monoisotopic (exact) mass is 306 g/mol. The molecule has 1 aliphatic heterocycles. The number of anilines is 2. The number of rotatable bonds is 4. The van der Waals surface area contributed by atoms with Crippen molar-refractivity contribution in [2.45, 2.75) is 39.2 Å². The lowest BCUT2D eigenvalue weighted by atomic mass is 9.93. The SMILES string of the molecule is CCc1cc2c(NC(C)C3CCOCC3)nc(N)nc2s1. The summed E-state index contributed by atoms with van der Waals surface area (Å²) in [5.74, 6) is 1.83. The molecule has 1 aliphatic rings. The van der Waals surface area contributed by atoms with Gasteiger partial charge in [0, 0.05) is 24.1 Å². The zero-order valence-electron chi connectivity index (χ0n) is 12.6. The molecule has 2 aromatic rings. The Morgan fingerprint density at radius 1 is 1.43 bits per heavy atom. The molecule has 0 aliphatic carbocycles. The van der Waals surface area contributed by atoms with Crippen molar-refractivity contribution in [3.63, 3.8) is 0 Å². The summed E-state index contributed by atoms with van der Waals surface area (Å²) < 4.78 is 5.44. The second-order valence-corrected chi connectivity index (χ2v) is 6.71. The van der Waals surface area contributed by atoms with Crippen molar-refractivity contribution in [3.8, 4) is 0 Å². The fourth-order valence-electron chi connectivity index (χ4n) is 2.82. The summed E-state index contributed by atoms with van der Waals surface area (Å²) in [6.45, 7) is 6.08. The summed E-state index contributed by atoms with van der Waals surface area (Å²) in [6, 6.07) is 2.54. The normalized spacial score (nSPS) is 18.0. The van der Waals surface area contributed by atoms with Gasteiger partial charge in [-0.1, -0.05) is 6.92 Å². The third kappa shape index (κ3) is 3.11. The van der Waals surface area contributed by atoms with Gasteiger partial charge in [0.1, 0.15) is 10.6 Å². The number of fused-ring (bicyclic) bond motifs is 1. The van der Waals surface area contributed by atoms with Crippen molar-refractivity contribution in [1.29, 1.82) is 0 Å². The van der Waals surface area contributed by atoms with Crippen molar-refractivity contribution in [2.24, 2.45) is 5.92 Å². The lowest BCUT2D eigenvalue weighted by Gasteiger charge is -2.28. The molecule has 1 fully saturated rings. The third-order valence-electron chi connectivity index (χ3n) is 4.15. The molecule has 0 aromatic carbocycles. The summed E-state index contributed by atoms with van der Waals surface area (Å²) in [5.41, 5.74) is 5.85. The van der Waals surface area contributed by atoms with Crippen LogP contribution in [-0.4, -0.2) is 29.2 Å². The maximum absolute atomic E-state index is 5.85. The van der Waals surface area contributed by atoms with Crippen molar-refractivity contribution in [2.75, 3.05) is 24.3 Å². The average molecular weight is 306 g/mol. The fourth-order valence-corrected chi connectivity index (χ4v) is 3.80. The minimum absolute atomic E-state index is 0.341. The van der Waals surface area contributed by atoms with Crippen molar-refractivity contribution in [3.05, 3.63) is 10.9 Å². The molecule has 1 unspecified atom stereocenters. The van der Waals surface area contributed by atoms with E-state index in [4.69, 9.17) is 10.5 Å². The zero-order chi connectivity index (χ0) is 14.8. The Kier molecular flexibility index (Phi) is 4.26. The second kappa shape index (κ2) is 6.15. The molecule has 0 radical (unpaired) electrons. The first-order valence-corrected chi connectivity index (χ1v) is 8.39. The Labute approximate surface area is 128 Å². The predicted octanol–water partition coefficient (Wildman–Crippen LogP) is 3.06. The van der Waals surface area contributed by atoms with E-state index in [1.807, 2.05) is 0 Å².